The van der Waals surface area contributed by atoms with Gasteiger partial charge in [-0.05, 0) is 56.7 Å². The van der Waals surface area contributed by atoms with Crippen molar-refractivity contribution in [3.63, 3.8) is 0 Å². The molecule has 4 aromatic rings. The average molecular weight is 500 g/mol. The summed E-state index contributed by atoms with van der Waals surface area (Å²) in [4.78, 5) is 8.50. The summed E-state index contributed by atoms with van der Waals surface area (Å²) in [5.41, 5.74) is 2.58. The minimum Gasteiger partial charge on any atom is -0.249 e. The van der Waals surface area contributed by atoms with Crippen molar-refractivity contribution in [3.8, 4) is 17.1 Å². The highest BCUT2D eigenvalue weighted by atomic mass is 32.2. The van der Waals surface area contributed by atoms with Crippen molar-refractivity contribution in [3.05, 3.63) is 83.3 Å². The Morgan fingerprint density at radius 3 is 2.37 bits per heavy atom. The number of rotatable bonds is 3. The van der Waals surface area contributed by atoms with Crippen LogP contribution in [0, 0.1) is 13.8 Å². The van der Waals surface area contributed by atoms with E-state index in [1.165, 1.54) is 21.3 Å². The number of pyridine rings is 2. The first-order chi connectivity index (χ1) is 16.6. The third-order valence-electron chi connectivity index (χ3n) is 5.98. The van der Waals surface area contributed by atoms with E-state index in [9.17, 15) is 21.6 Å². The van der Waals surface area contributed by atoms with Crippen LogP contribution in [0.5, 0.6) is 0 Å². The van der Waals surface area contributed by atoms with E-state index in [4.69, 9.17) is 0 Å². The molecule has 0 atom stereocenters. The predicted molar refractivity (Wildman–Crippen MR) is 124 cm³/mol. The normalized spacial score (nSPS) is 13.8. The van der Waals surface area contributed by atoms with Crippen LogP contribution in [-0.2, 0) is 22.6 Å². The van der Waals surface area contributed by atoms with Crippen molar-refractivity contribution in [2.45, 2.75) is 31.3 Å². The van der Waals surface area contributed by atoms with Crippen molar-refractivity contribution < 1.29 is 21.6 Å². The maximum absolute atomic E-state index is 13.5. The number of nitrogens with zero attached hydrogens (tertiary/aromatic N) is 5. The number of alkyl halides is 3. The molecule has 0 unspecified atom stereocenters. The van der Waals surface area contributed by atoms with E-state index < -0.39 is 21.8 Å². The van der Waals surface area contributed by atoms with E-state index in [1.807, 2.05) is 6.92 Å². The summed E-state index contributed by atoms with van der Waals surface area (Å²) < 4.78 is 68.7. The summed E-state index contributed by atoms with van der Waals surface area (Å²) >= 11 is 0. The molecule has 0 aliphatic carbocycles. The number of sulfonamides is 1. The number of fused-ring (bicyclic) bond motifs is 3. The zero-order valence-corrected chi connectivity index (χ0v) is 19.6. The molecule has 0 spiro atoms. The first kappa shape index (κ1) is 23.0. The largest absolute Gasteiger partial charge is 0.417 e. The molecule has 1 aliphatic heterocycles. The van der Waals surface area contributed by atoms with Crippen LogP contribution in [0.4, 0.5) is 19.0 Å². The Balaban J connectivity index is 1.60. The zero-order valence-electron chi connectivity index (χ0n) is 18.8. The van der Waals surface area contributed by atoms with Crippen molar-refractivity contribution >= 4 is 15.8 Å². The van der Waals surface area contributed by atoms with Gasteiger partial charge in [0.25, 0.3) is 10.0 Å². The SMILES string of the molecule is Cc1ccc(S(=O)(=O)N2CCc3c(nn(-c4ccc(C(F)(F)F)cn4)c3C)-c3cccnc32)cc1. The number of anilines is 1. The Labute approximate surface area is 199 Å². The number of aryl methyl sites for hydroxylation is 1. The molecule has 0 fully saturated rings. The van der Waals surface area contributed by atoms with Gasteiger partial charge < -0.3 is 0 Å². The van der Waals surface area contributed by atoms with Gasteiger partial charge in [-0.15, -0.1) is 0 Å². The molecule has 7 nitrogen and oxygen atoms in total. The number of halogens is 3. The summed E-state index contributed by atoms with van der Waals surface area (Å²) in [6, 6.07) is 12.3. The highest BCUT2D eigenvalue weighted by Crippen LogP contribution is 2.38. The van der Waals surface area contributed by atoms with Gasteiger partial charge in [0.05, 0.1) is 10.5 Å². The van der Waals surface area contributed by atoms with E-state index in [2.05, 4.69) is 15.1 Å². The quantitative estimate of drug-likeness (QED) is 0.408. The van der Waals surface area contributed by atoms with Crippen LogP contribution in [0.3, 0.4) is 0 Å². The summed E-state index contributed by atoms with van der Waals surface area (Å²) in [6.45, 7) is 3.79. The van der Waals surface area contributed by atoms with E-state index in [-0.39, 0.29) is 23.1 Å². The Morgan fingerprint density at radius 1 is 0.971 bits per heavy atom. The number of benzene rings is 1. The smallest absolute Gasteiger partial charge is 0.249 e. The molecule has 1 aliphatic rings. The fraction of sp³-hybridized carbons (Fsp3) is 0.208. The molecule has 5 rings (SSSR count). The third-order valence-corrected chi connectivity index (χ3v) is 7.79. The topological polar surface area (TPSA) is 81.0 Å². The van der Waals surface area contributed by atoms with Gasteiger partial charge >= 0.3 is 6.18 Å². The number of hydrogen-bond donors (Lipinski definition) is 0. The molecular weight excluding hydrogens is 479 g/mol. The van der Waals surface area contributed by atoms with Gasteiger partial charge in [-0.1, -0.05) is 17.7 Å². The van der Waals surface area contributed by atoms with Gasteiger partial charge in [-0.25, -0.2) is 27.4 Å². The summed E-state index contributed by atoms with van der Waals surface area (Å²) in [7, 11) is -3.89. The fourth-order valence-corrected chi connectivity index (χ4v) is 5.56. The van der Waals surface area contributed by atoms with Gasteiger partial charge in [0.2, 0.25) is 0 Å². The average Bonchev–Trinajstić information content (AvgIpc) is 3.05. The van der Waals surface area contributed by atoms with Crippen LogP contribution in [-0.4, -0.2) is 34.7 Å². The van der Waals surface area contributed by atoms with Crippen LogP contribution in [0.1, 0.15) is 22.4 Å². The molecule has 0 saturated heterocycles. The maximum atomic E-state index is 13.5. The molecular formula is C24H20F3N5O2S. The summed E-state index contributed by atoms with van der Waals surface area (Å²) in [5.74, 6) is 0.481. The van der Waals surface area contributed by atoms with Crippen molar-refractivity contribution in [2.75, 3.05) is 10.8 Å². The Bertz CT molecular complexity index is 1510. The lowest BCUT2D eigenvalue weighted by molar-refractivity contribution is -0.137. The van der Waals surface area contributed by atoms with E-state index in [0.717, 1.165) is 23.4 Å². The van der Waals surface area contributed by atoms with Crippen molar-refractivity contribution in [2.24, 2.45) is 0 Å². The molecule has 35 heavy (non-hydrogen) atoms. The molecule has 0 bridgehead atoms. The molecule has 0 N–H and O–H groups in total. The molecule has 3 aromatic heterocycles. The van der Waals surface area contributed by atoms with Gasteiger partial charge in [0.15, 0.2) is 11.6 Å². The third kappa shape index (κ3) is 3.95. The maximum Gasteiger partial charge on any atom is 0.417 e. The van der Waals surface area contributed by atoms with E-state index in [1.54, 1.807) is 43.3 Å². The lowest BCUT2D eigenvalue weighted by Crippen LogP contribution is -2.33. The number of aromatic nitrogens is 4. The highest BCUT2D eigenvalue weighted by molar-refractivity contribution is 7.92. The zero-order chi connectivity index (χ0) is 25.0. The second kappa shape index (κ2) is 8.19. The van der Waals surface area contributed by atoms with Gasteiger partial charge in [-0.3, -0.25) is 0 Å². The van der Waals surface area contributed by atoms with Crippen LogP contribution < -0.4 is 4.31 Å². The van der Waals surface area contributed by atoms with Gasteiger partial charge in [0.1, 0.15) is 5.69 Å². The molecule has 11 heteroatoms. The summed E-state index contributed by atoms with van der Waals surface area (Å²) in [5, 5.41) is 4.63. The Hall–Kier alpha value is -3.73. The predicted octanol–water partition coefficient (Wildman–Crippen LogP) is 4.72. The Morgan fingerprint density at radius 2 is 1.71 bits per heavy atom. The van der Waals surface area contributed by atoms with Gasteiger partial charge in [0, 0.05) is 35.8 Å². The van der Waals surface area contributed by atoms with Crippen molar-refractivity contribution in [1.82, 2.24) is 19.7 Å². The lowest BCUT2D eigenvalue weighted by atomic mass is 10.1. The first-order valence-corrected chi connectivity index (χ1v) is 12.2. The minimum absolute atomic E-state index is 0.125. The second-order valence-corrected chi connectivity index (χ2v) is 10.1. The van der Waals surface area contributed by atoms with E-state index >= 15 is 0 Å². The molecule has 180 valence electrons. The van der Waals surface area contributed by atoms with Crippen LogP contribution >= 0.6 is 0 Å². The molecule has 0 amide bonds. The first-order valence-electron chi connectivity index (χ1n) is 10.7. The lowest BCUT2D eigenvalue weighted by Gasteiger charge is -2.23. The van der Waals surface area contributed by atoms with Crippen LogP contribution in [0.25, 0.3) is 17.1 Å². The van der Waals surface area contributed by atoms with E-state index in [0.29, 0.717) is 23.4 Å². The van der Waals surface area contributed by atoms with Crippen LogP contribution in [0.2, 0.25) is 0 Å². The molecule has 0 saturated carbocycles. The second-order valence-electron chi connectivity index (χ2n) is 8.24. The standard InChI is InChI=1S/C24H20F3N5O2S/c1-15-5-8-18(9-6-15)35(33,34)31-13-11-19-16(2)32(21-10-7-17(14-29-21)24(25,26)27)30-22(19)20-4-3-12-28-23(20)31/h3-10,12,14H,11,13H2,1-2H3. The molecule has 4 heterocycles. The van der Waals surface area contributed by atoms with Gasteiger partial charge in [-0.2, -0.15) is 18.3 Å². The highest BCUT2D eigenvalue weighted by Gasteiger charge is 2.34. The Kier molecular flexibility index (Phi) is 5.39. The number of hydrogen-bond acceptors (Lipinski definition) is 5. The molecule has 0 radical (unpaired) electrons. The minimum atomic E-state index is -4.49. The fourth-order valence-electron chi connectivity index (χ4n) is 4.12. The molecule has 1 aromatic carbocycles. The summed E-state index contributed by atoms with van der Waals surface area (Å²) in [6.07, 6.45) is -1.86. The van der Waals surface area contributed by atoms with Crippen molar-refractivity contribution in [1.29, 1.82) is 0 Å². The van der Waals surface area contributed by atoms with Crippen LogP contribution in [0.15, 0.2) is 65.8 Å². The monoisotopic (exact) mass is 499 g/mol.